The molecule has 0 N–H and O–H groups in total. The van der Waals surface area contributed by atoms with E-state index in [9.17, 15) is 9.59 Å². The molecule has 1 aliphatic rings. The van der Waals surface area contributed by atoms with Crippen LogP contribution < -0.4 is 0 Å². The van der Waals surface area contributed by atoms with Crippen molar-refractivity contribution in [1.29, 1.82) is 0 Å². The second-order valence-corrected chi connectivity index (χ2v) is 4.70. The summed E-state index contributed by atoms with van der Waals surface area (Å²) in [5, 5.41) is 3.68. The monoisotopic (exact) mass is 255 g/mol. The van der Waals surface area contributed by atoms with E-state index in [1.807, 2.05) is 0 Å². The fraction of sp³-hybridized carbons (Fsp3) is 0.769. The molecular weight excluding hydrogens is 234 g/mol. The van der Waals surface area contributed by atoms with Gasteiger partial charge in [-0.3, -0.25) is 4.79 Å². The van der Waals surface area contributed by atoms with Crippen molar-refractivity contribution in [3.63, 3.8) is 0 Å². The zero-order chi connectivity index (χ0) is 13.5. The van der Waals surface area contributed by atoms with Crippen LogP contribution in [0.15, 0.2) is 5.16 Å². The SMILES string of the molecule is CCOC(=O)C(=NOC1CCC(C)CC1)C(C)=O. The molecule has 0 radical (unpaired) electrons. The molecule has 102 valence electrons. The minimum Gasteiger partial charge on any atom is -0.461 e. The van der Waals surface area contributed by atoms with Gasteiger partial charge in [0.2, 0.25) is 5.71 Å². The fourth-order valence-corrected chi connectivity index (χ4v) is 1.91. The van der Waals surface area contributed by atoms with Crippen molar-refractivity contribution in [3.05, 3.63) is 0 Å². The van der Waals surface area contributed by atoms with Crippen LogP contribution in [-0.4, -0.2) is 30.2 Å². The van der Waals surface area contributed by atoms with Crippen LogP contribution >= 0.6 is 0 Å². The number of ketones is 1. The quantitative estimate of drug-likeness (QED) is 0.326. The Kier molecular flexibility index (Phi) is 5.82. The highest BCUT2D eigenvalue weighted by molar-refractivity contribution is 6.63. The Morgan fingerprint density at radius 2 is 1.83 bits per heavy atom. The van der Waals surface area contributed by atoms with Gasteiger partial charge in [0.25, 0.3) is 0 Å². The number of hydrogen-bond donors (Lipinski definition) is 0. The summed E-state index contributed by atoms with van der Waals surface area (Å²) in [5.41, 5.74) is -0.254. The van der Waals surface area contributed by atoms with E-state index in [0.717, 1.165) is 25.7 Å². The zero-order valence-electron chi connectivity index (χ0n) is 11.3. The molecule has 1 saturated carbocycles. The summed E-state index contributed by atoms with van der Waals surface area (Å²) in [5.74, 6) is -0.432. The van der Waals surface area contributed by atoms with Gasteiger partial charge in [-0.15, -0.1) is 0 Å². The van der Waals surface area contributed by atoms with Gasteiger partial charge in [-0.25, -0.2) is 4.79 Å². The molecule has 5 nitrogen and oxygen atoms in total. The van der Waals surface area contributed by atoms with E-state index in [1.165, 1.54) is 6.92 Å². The van der Waals surface area contributed by atoms with E-state index in [0.29, 0.717) is 5.92 Å². The lowest BCUT2D eigenvalue weighted by atomic mass is 9.89. The number of rotatable bonds is 5. The Morgan fingerprint density at radius 3 is 2.33 bits per heavy atom. The summed E-state index contributed by atoms with van der Waals surface area (Å²) < 4.78 is 4.75. The zero-order valence-corrected chi connectivity index (χ0v) is 11.3. The Labute approximate surface area is 108 Å². The van der Waals surface area contributed by atoms with Gasteiger partial charge >= 0.3 is 5.97 Å². The smallest absolute Gasteiger partial charge is 0.364 e. The van der Waals surface area contributed by atoms with E-state index < -0.39 is 11.8 Å². The van der Waals surface area contributed by atoms with Crippen molar-refractivity contribution in [2.45, 2.75) is 52.6 Å². The molecule has 0 amide bonds. The highest BCUT2D eigenvalue weighted by Crippen LogP contribution is 2.25. The van der Waals surface area contributed by atoms with Gasteiger partial charge in [0.15, 0.2) is 5.78 Å². The van der Waals surface area contributed by atoms with Crippen molar-refractivity contribution in [2.75, 3.05) is 6.61 Å². The number of carbonyl (C=O) groups is 2. The summed E-state index contributed by atoms with van der Waals surface area (Å²) in [6.45, 7) is 5.38. The molecule has 0 spiro atoms. The van der Waals surface area contributed by atoms with Gasteiger partial charge in [0, 0.05) is 6.92 Å². The van der Waals surface area contributed by atoms with Crippen LogP contribution in [0.25, 0.3) is 0 Å². The maximum atomic E-state index is 11.5. The van der Waals surface area contributed by atoms with Crippen LogP contribution in [0.1, 0.15) is 46.5 Å². The van der Waals surface area contributed by atoms with Crippen LogP contribution in [-0.2, 0) is 19.2 Å². The van der Waals surface area contributed by atoms with Gasteiger partial charge in [0.05, 0.1) is 6.61 Å². The molecule has 1 fully saturated rings. The summed E-state index contributed by atoms with van der Waals surface area (Å²) in [6.07, 6.45) is 4.02. The first kappa shape index (κ1) is 14.7. The normalized spacial score (nSPS) is 24.5. The van der Waals surface area contributed by atoms with E-state index in [4.69, 9.17) is 9.57 Å². The molecule has 0 unspecified atom stereocenters. The summed E-state index contributed by atoms with van der Waals surface area (Å²) in [6, 6.07) is 0. The average Bonchev–Trinajstić information content (AvgIpc) is 2.31. The van der Waals surface area contributed by atoms with Gasteiger partial charge in [0.1, 0.15) is 6.10 Å². The molecule has 0 aromatic rings. The standard InChI is InChI=1S/C13H21NO4/c1-4-17-13(16)12(10(3)15)14-18-11-7-5-9(2)6-8-11/h9,11H,4-8H2,1-3H3. The minimum atomic E-state index is -0.714. The highest BCUT2D eigenvalue weighted by atomic mass is 16.6. The summed E-state index contributed by atoms with van der Waals surface area (Å²) in [4.78, 5) is 28.0. The Balaban J connectivity index is 2.55. The van der Waals surface area contributed by atoms with E-state index in [-0.39, 0.29) is 18.4 Å². The first-order valence-corrected chi connectivity index (χ1v) is 6.46. The van der Waals surface area contributed by atoms with E-state index in [2.05, 4.69) is 12.1 Å². The maximum Gasteiger partial charge on any atom is 0.364 e. The lowest BCUT2D eigenvalue weighted by Gasteiger charge is -2.24. The Morgan fingerprint density at radius 1 is 1.22 bits per heavy atom. The number of oxime groups is 1. The first-order valence-electron chi connectivity index (χ1n) is 6.46. The molecule has 0 saturated heterocycles. The van der Waals surface area contributed by atoms with Crippen LogP contribution in [0.4, 0.5) is 0 Å². The molecule has 0 atom stereocenters. The van der Waals surface area contributed by atoms with Crippen LogP contribution in [0.2, 0.25) is 0 Å². The molecule has 18 heavy (non-hydrogen) atoms. The fourth-order valence-electron chi connectivity index (χ4n) is 1.91. The molecule has 0 aliphatic heterocycles. The largest absolute Gasteiger partial charge is 0.461 e. The third kappa shape index (κ3) is 4.47. The predicted octanol–water partition coefficient (Wildman–Crippen LogP) is 2.09. The van der Waals surface area contributed by atoms with Crippen LogP contribution in [0.3, 0.4) is 0 Å². The number of nitrogens with zero attached hydrogens (tertiary/aromatic N) is 1. The minimum absolute atomic E-state index is 0.00461. The second kappa shape index (κ2) is 7.13. The summed E-state index contributed by atoms with van der Waals surface area (Å²) >= 11 is 0. The lowest BCUT2D eigenvalue weighted by molar-refractivity contribution is -0.136. The number of ether oxygens (including phenoxy) is 1. The number of carbonyl (C=O) groups excluding carboxylic acids is 2. The molecule has 0 aromatic carbocycles. The average molecular weight is 255 g/mol. The van der Waals surface area contributed by atoms with Crippen molar-refractivity contribution in [1.82, 2.24) is 0 Å². The van der Waals surface area contributed by atoms with Gasteiger partial charge in [-0.1, -0.05) is 12.1 Å². The molecule has 0 aromatic heterocycles. The molecule has 0 bridgehead atoms. The lowest BCUT2D eigenvalue weighted by Crippen LogP contribution is -2.26. The highest BCUT2D eigenvalue weighted by Gasteiger charge is 2.22. The third-order valence-corrected chi connectivity index (χ3v) is 3.06. The maximum absolute atomic E-state index is 11.5. The van der Waals surface area contributed by atoms with Crippen molar-refractivity contribution in [3.8, 4) is 0 Å². The van der Waals surface area contributed by atoms with Crippen molar-refractivity contribution < 1.29 is 19.2 Å². The van der Waals surface area contributed by atoms with Crippen LogP contribution in [0, 0.1) is 5.92 Å². The molecule has 1 rings (SSSR count). The molecule has 1 aliphatic carbocycles. The van der Waals surface area contributed by atoms with Gasteiger partial charge in [-0.2, -0.15) is 0 Å². The predicted molar refractivity (Wildman–Crippen MR) is 67.3 cm³/mol. The van der Waals surface area contributed by atoms with Gasteiger partial charge < -0.3 is 9.57 Å². The van der Waals surface area contributed by atoms with E-state index in [1.54, 1.807) is 6.92 Å². The number of esters is 1. The van der Waals surface area contributed by atoms with Gasteiger partial charge in [-0.05, 0) is 38.5 Å². The third-order valence-electron chi connectivity index (χ3n) is 3.06. The second-order valence-electron chi connectivity index (χ2n) is 4.70. The topological polar surface area (TPSA) is 65.0 Å². The Hall–Kier alpha value is -1.39. The molecular formula is C13H21NO4. The first-order chi connectivity index (χ1) is 8.54. The summed E-state index contributed by atoms with van der Waals surface area (Å²) in [7, 11) is 0. The molecule has 0 heterocycles. The number of Topliss-reactive ketones (excluding diaryl/α,β-unsaturated/α-hetero) is 1. The number of hydrogen-bond acceptors (Lipinski definition) is 5. The van der Waals surface area contributed by atoms with Crippen LogP contribution in [0.5, 0.6) is 0 Å². The van der Waals surface area contributed by atoms with Crippen molar-refractivity contribution >= 4 is 17.5 Å². The van der Waals surface area contributed by atoms with Crippen molar-refractivity contribution in [2.24, 2.45) is 11.1 Å². The van der Waals surface area contributed by atoms with E-state index >= 15 is 0 Å². The Bertz CT molecular complexity index is 330. The molecule has 5 heteroatoms.